The highest BCUT2D eigenvalue weighted by atomic mass is 16.3. The van der Waals surface area contributed by atoms with Crippen LogP contribution in [0, 0.1) is 0 Å². The van der Waals surface area contributed by atoms with Crippen LogP contribution in [0.5, 0.6) is 0 Å². The second-order valence-electron chi connectivity index (χ2n) is 6.31. The summed E-state index contributed by atoms with van der Waals surface area (Å²) in [5.74, 6) is 1.60. The molecule has 0 atom stereocenters. The molecule has 0 saturated carbocycles. The SMILES string of the molecule is c1ccc(Cn2ccnc2CNc2ncnc3c2oc2ccccc23)cc1. The molecule has 0 bridgehead atoms. The van der Waals surface area contributed by atoms with Crippen molar-refractivity contribution in [3.63, 3.8) is 0 Å². The quantitative estimate of drug-likeness (QED) is 0.511. The molecule has 0 amide bonds. The number of para-hydroxylation sites is 1. The molecule has 0 radical (unpaired) electrons. The van der Waals surface area contributed by atoms with Crippen molar-refractivity contribution in [2.45, 2.75) is 13.1 Å². The van der Waals surface area contributed by atoms with Gasteiger partial charge in [0.25, 0.3) is 0 Å². The van der Waals surface area contributed by atoms with E-state index in [0.717, 1.165) is 28.9 Å². The number of fused-ring (bicyclic) bond motifs is 3. The Bertz CT molecular complexity index is 1210. The van der Waals surface area contributed by atoms with Crippen LogP contribution in [0.25, 0.3) is 22.1 Å². The summed E-state index contributed by atoms with van der Waals surface area (Å²) in [6.07, 6.45) is 5.36. The molecule has 1 N–H and O–H groups in total. The summed E-state index contributed by atoms with van der Waals surface area (Å²) in [6.45, 7) is 1.32. The third-order valence-electron chi connectivity index (χ3n) is 4.57. The predicted octanol–water partition coefficient (Wildman–Crippen LogP) is 4.23. The van der Waals surface area contributed by atoms with E-state index in [-0.39, 0.29) is 0 Å². The molecule has 0 unspecified atom stereocenters. The van der Waals surface area contributed by atoms with Crippen LogP contribution in [0.15, 0.2) is 77.7 Å². The molecule has 3 heterocycles. The molecule has 5 aromatic rings. The van der Waals surface area contributed by atoms with E-state index in [1.54, 1.807) is 6.33 Å². The highest BCUT2D eigenvalue weighted by Gasteiger charge is 2.13. The zero-order valence-corrected chi connectivity index (χ0v) is 14.5. The number of imidazole rings is 1. The average molecular weight is 355 g/mol. The number of rotatable bonds is 5. The summed E-state index contributed by atoms with van der Waals surface area (Å²) in [4.78, 5) is 13.2. The van der Waals surface area contributed by atoms with Crippen LogP contribution in [-0.2, 0) is 13.1 Å². The number of hydrogen-bond donors (Lipinski definition) is 1. The van der Waals surface area contributed by atoms with Gasteiger partial charge in [0.2, 0.25) is 0 Å². The number of nitrogens with zero attached hydrogens (tertiary/aromatic N) is 4. The minimum atomic E-state index is 0.545. The summed E-state index contributed by atoms with van der Waals surface area (Å²) in [5.41, 5.74) is 3.52. The first-order valence-electron chi connectivity index (χ1n) is 8.78. The van der Waals surface area contributed by atoms with E-state index >= 15 is 0 Å². The first-order valence-corrected chi connectivity index (χ1v) is 8.78. The first kappa shape index (κ1) is 15.6. The van der Waals surface area contributed by atoms with Gasteiger partial charge in [-0.05, 0) is 17.7 Å². The van der Waals surface area contributed by atoms with Gasteiger partial charge in [-0.1, -0.05) is 42.5 Å². The van der Waals surface area contributed by atoms with Crippen molar-refractivity contribution in [1.82, 2.24) is 19.5 Å². The van der Waals surface area contributed by atoms with Crippen LogP contribution in [-0.4, -0.2) is 19.5 Å². The molecule has 6 nitrogen and oxygen atoms in total. The van der Waals surface area contributed by atoms with E-state index in [1.807, 2.05) is 54.9 Å². The number of nitrogens with one attached hydrogen (secondary N) is 1. The molecule has 0 aliphatic carbocycles. The van der Waals surface area contributed by atoms with Crippen molar-refractivity contribution in [3.8, 4) is 0 Å². The van der Waals surface area contributed by atoms with Gasteiger partial charge in [0.05, 0.1) is 6.54 Å². The fraction of sp³-hybridized carbons (Fsp3) is 0.0952. The zero-order valence-electron chi connectivity index (χ0n) is 14.5. The molecule has 6 heteroatoms. The highest BCUT2D eigenvalue weighted by molar-refractivity contribution is 6.05. The molecule has 132 valence electrons. The summed E-state index contributed by atoms with van der Waals surface area (Å²) < 4.78 is 8.09. The average Bonchev–Trinajstić information content (AvgIpc) is 3.31. The zero-order chi connectivity index (χ0) is 18.1. The van der Waals surface area contributed by atoms with E-state index in [4.69, 9.17) is 4.42 Å². The van der Waals surface area contributed by atoms with Crippen molar-refractivity contribution in [2.24, 2.45) is 0 Å². The highest BCUT2D eigenvalue weighted by Crippen LogP contribution is 2.30. The van der Waals surface area contributed by atoms with Gasteiger partial charge < -0.3 is 14.3 Å². The van der Waals surface area contributed by atoms with Crippen LogP contribution in [0.4, 0.5) is 5.82 Å². The van der Waals surface area contributed by atoms with Gasteiger partial charge in [-0.25, -0.2) is 15.0 Å². The molecule has 0 aliphatic rings. The Morgan fingerprint density at radius 2 is 1.78 bits per heavy atom. The largest absolute Gasteiger partial charge is 0.450 e. The first-order chi connectivity index (χ1) is 13.4. The van der Waals surface area contributed by atoms with E-state index in [0.29, 0.717) is 17.9 Å². The van der Waals surface area contributed by atoms with Gasteiger partial charge >= 0.3 is 0 Å². The van der Waals surface area contributed by atoms with Gasteiger partial charge in [-0.3, -0.25) is 0 Å². The molecular formula is C21H17N5O. The lowest BCUT2D eigenvalue weighted by Gasteiger charge is -2.09. The predicted molar refractivity (Wildman–Crippen MR) is 104 cm³/mol. The second-order valence-corrected chi connectivity index (χ2v) is 6.31. The minimum absolute atomic E-state index is 0.545. The fourth-order valence-corrected chi connectivity index (χ4v) is 3.24. The van der Waals surface area contributed by atoms with Crippen LogP contribution < -0.4 is 5.32 Å². The topological polar surface area (TPSA) is 68.8 Å². The third kappa shape index (κ3) is 2.91. The molecule has 0 fully saturated rings. The smallest absolute Gasteiger partial charge is 0.196 e. The number of hydrogen-bond acceptors (Lipinski definition) is 5. The van der Waals surface area contributed by atoms with Crippen LogP contribution in [0.2, 0.25) is 0 Å². The Morgan fingerprint density at radius 3 is 2.70 bits per heavy atom. The summed E-state index contributed by atoms with van der Waals surface area (Å²) in [7, 11) is 0. The number of benzene rings is 2. The molecule has 3 aromatic heterocycles. The van der Waals surface area contributed by atoms with Crippen LogP contribution in [0.3, 0.4) is 0 Å². The summed E-state index contributed by atoms with van der Waals surface area (Å²) in [5, 5.41) is 4.34. The molecule has 2 aromatic carbocycles. The number of anilines is 1. The Balaban J connectivity index is 1.42. The van der Waals surface area contributed by atoms with Crippen molar-refractivity contribution in [3.05, 3.63) is 84.7 Å². The van der Waals surface area contributed by atoms with Crippen molar-refractivity contribution < 1.29 is 4.42 Å². The van der Waals surface area contributed by atoms with Crippen molar-refractivity contribution in [2.75, 3.05) is 5.32 Å². The van der Waals surface area contributed by atoms with Crippen LogP contribution in [0.1, 0.15) is 11.4 Å². The van der Waals surface area contributed by atoms with E-state index < -0.39 is 0 Å². The van der Waals surface area contributed by atoms with E-state index in [9.17, 15) is 0 Å². The summed E-state index contributed by atoms with van der Waals surface area (Å²) >= 11 is 0. The number of aromatic nitrogens is 4. The lowest BCUT2D eigenvalue weighted by Crippen LogP contribution is -2.10. The van der Waals surface area contributed by atoms with Gasteiger partial charge in [0.15, 0.2) is 11.4 Å². The second kappa shape index (κ2) is 6.57. The molecule has 0 spiro atoms. The van der Waals surface area contributed by atoms with E-state index in [1.165, 1.54) is 5.56 Å². The summed E-state index contributed by atoms with van der Waals surface area (Å²) in [6, 6.07) is 18.2. The Hall–Kier alpha value is -3.67. The molecular weight excluding hydrogens is 338 g/mol. The molecule has 0 saturated heterocycles. The van der Waals surface area contributed by atoms with Gasteiger partial charge in [0, 0.05) is 24.3 Å². The van der Waals surface area contributed by atoms with Crippen molar-refractivity contribution in [1.29, 1.82) is 0 Å². The Kier molecular flexibility index (Phi) is 3.79. The number of furan rings is 1. The Morgan fingerprint density at radius 1 is 0.926 bits per heavy atom. The molecule has 27 heavy (non-hydrogen) atoms. The van der Waals surface area contributed by atoms with Crippen LogP contribution >= 0.6 is 0 Å². The maximum atomic E-state index is 5.96. The third-order valence-corrected chi connectivity index (χ3v) is 4.57. The monoisotopic (exact) mass is 355 g/mol. The van der Waals surface area contributed by atoms with Gasteiger partial charge in [-0.15, -0.1) is 0 Å². The van der Waals surface area contributed by atoms with Gasteiger partial charge in [-0.2, -0.15) is 0 Å². The maximum absolute atomic E-state index is 5.96. The lowest BCUT2D eigenvalue weighted by molar-refractivity contribution is 0.665. The van der Waals surface area contributed by atoms with Crippen molar-refractivity contribution >= 4 is 27.9 Å². The van der Waals surface area contributed by atoms with E-state index in [2.05, 4.69) is 37.0 Å². The molecule has 5 rings (SSSR count). The fourth-order valence-electron chi connectivity index (χ4n) is 3.24. The normalized spacial score (nSPS) is 11.3. The molecule has 0 aliphatic heterocycles. The minimum Gasteiger partial charge on any atom is -0.450 e. The lowest BCUT2D eigenvalue weighted by atomic mass is 10.2. The standard InChI is InChI=1S/C21H17N5O/c1-2-6-15(7-3-1)13-26-11-10-22-18(26)12-23-21-20-19(24-14-25-21)16-8-4-5-9-17(16)27-20/h1-11,14H,12-13H2,(H,23,24,25). The Labute approximate surface area is 155 Å². The maximum Gasteiger partial charge on any atom is 0.196 e. The van der Waals surface area contributed by atoms with Gasteiger partial charge in [0.1, 0.15) is 23.3 Å².